The minimum atomic E-state index is -0.921. The Morgan fingerprint density at radius 3 is 2.36 bits per heavy atom. The zero-order chi connectivity index (χ0) is 23.9. The van der Waals surface area contributed by atoms with Gasteiger partial charge in [0.15, 0.2) is 0 Å². The van der Waals surface area contributed by atoms with Crippen LogP contribution in [0.4, 0.5) is 5.69 Å². The number of Topliss-reactive ketones (excluding diaryl/α,β-unsaturated/α-hetero) is 1. The maximum absolute atomic E-state index is 13.3. The van der Waals surface area contributed by atoms with Crippen LogP contribution in [0, 0.1) is 13.8 Å². The maximum Gasteiger partial charge on any atom is 0.300 e. The lowest BCUT2D eigenvalue weighted by molar-refractivity contribution is -0.132. The Kier molecular flexibility index (Phi) is 5.87. The molecule has 1 saturated heterocycles. The Morgan fingerprint density at radius 2 is 1.70 bits per heavy atom. The molecule has 1 aliphatic heterocycles. The number of carbonyl (C=O) groups excluding carboxylic acids is 2. The maximum atomic E-state index is 13.3. The van der Waals surface area contributed by atoms with Crippen molar-refractivity contribution in [1.82, 2.24) is 0 Å². The third-order valence-corrected chi connectivity index (χ3v) is 5.93. The van der Waals surface area contributed by atoms with Crippen LogP contribution in [0.3, 0.4) is 0 Å². The number of ketones is 1. The van der Waals surface area contributed by atoms with Gasteiger partial charge < -0.3 is 14.9 Å². The fourth-order valence-corrected chi connectivity index (χ4v) is 4.21. The molecule has 1 amide bonds. The number of amides is 1. The molecule has 6 nitrogen and oxygen atoms in total. The third-order valence-electron chi connectivity index (χ3n) is 5.69. The number of nitrogens with zero attached hydrogens (tertiary/aromatic N) is 1. The average Bonchev–Trinajstić information content (AvgIpc) is 3.06. The number of benzene rings is 3. The number of phenolic OH excluding ortho intramolecular Hbond substituents is 1. The van der Waals surface area contributed by atoms with Crippen LogP contribution in [0.2, 0.25) is 5.02 Å². The molecule has 0 bridgehead atoms. The summed E-state index contributed by atoms with van der Waals surface area (Å²) in [6.45, 7) is 3.74. The molecule has 168 valence electrons. The standard InChI is InChI=1S/C26H22ClNO5/c1-14-4-5-15(2)20(12-14)28-23(16-6-9-18(29)10-7-16)22(25(31)26(28)32)24(30)19-13-17(27)8-11-21(19)33-3/h4-13,23,29-30H,1-3H3/b24-22+. The van der Waals surface area contributed by atoms with Crippen molar-refractivity contribution in [3.8, 4) is 11.5 Å². The van der Waals surface area contributed by atoms with E-state index >= 15 is 0 Å². The summed E-state index contributed by atoms with van der Waals surface area (Å²) in [6.07, 6.45) is 0. The zero-order valence-electron chi connectivity index (χ0n) is 18.3. The number of hydrogen-bond donors (Lipinski definition) is 2. The SMILES string of the molecule is COc1ccc(Cl)cc1/C(O)=C1\C(=O)C(=O)N(c2cc(C)ccc2C)C1c1ccc(O)cc1. The van der Waals surface area contributed by atoms with Crippen molar-refractivity contribution in [2.24, 2.45) is 0 Å². The van der Waals surface area contributed by atoms with Gasteiger partial charge in [-0.05, 0) is 66.9 Å². The van der Waals surface area contributed by atoms with Crippen molar-refractivity contribution in [3.63, 3.8) is 0 Å². The number of rotatable bonds is 4. The van der Waals surface area contributed by atoms with Gasteiger partial charge >= 0.3 is 0 Å². The lowest BCUT2D eigenvalue weighted by Crippen LogP contribution is -2.30. The van der Waals surface area contributed by atoms with Crippen LogP contribution in [0.25, 0.3) is 5.76 Å². The van der Waals surface area contributed by atoms with E-state index in [9.17, 15) is 19.8 Å². The summed E-state index contributed by atoms with van der Waals surface area (Å²) in [4.78, 5) is 28.0. The van der Waals surface area contributed by atoms with Crippen molar-refractivity contribution < 1.29 is 24.5 Å². The van der Waals surface area contributed by atoms with Crippen LogP contribution in [-0.4, -0.2) is 29.0 Å². The summed E-state index contributed by atoms with van der Waals surface area (Å²) < 4.78 is 5.35. The largest absolute Gasteiger partial charge is 0.508 e. The van der Waals surface area contributed by atoms with Crippen LogP contribution in [-0.2, 0) is 9.59 Å². The Morgan fingerprint density at radius 1 is 1.00 bits per heavy atom. The predicted molar refractivity (Wildman–Crippen MR) is 127 cm³/mol. The van der Waals surface area contributed by atoms with Crippen LogP contribution in [0.15, 0.2) is 66.2 Å². The molecular weight excluding hydrogens is 442 g/mol. The number of hydrogen-bond acceptors (Lipinski definition) is 5. The van der Waals surface area contributed by atoms with Gasteiger partial charge in [0.25, 0.3) is 11.7 Å². The van der Waals surface area contributed by atoms with Crippen LogP contribution in [0.1, 0.15) is 28.3 Å². The van der Waals surface area contributed by atoms with Crippen LogP contribution >= 0.6 is 11.6 Å². The van der Waals surface area contributed by atoms with Gasteiger partial charge in [-0.2, -0.15) is 0 Å². The average molecular weight is 464 g/mol. The second kappa shape index (κ2) is 8.64. The van der Waals surface area contributed by atoms with Gasteiger partial charge in [-0.25, -0.2) is 0 Å². The van der Waals surface area contributed by atoms with Gasteiger partial charge in [0.2, 0.25) is 0 Å². The lowest BCUT2D eigenvalue weighted by atomic mass is 9.94. The Hall–Kier alpha value is -3.77. The second-order valence-electron chi connectivity index (χ2n) is 7.90. The van der Waals surface area contributed by atoms with Crippen molar-refractivity contribution in [1.29, 1.82) is 0 Å². The smallest absolute Gasteiger partial charge is 0.300 e. The number of aliphatic hydroxyl groups excluding tert-OH is 1. The quantitative estimate of drug-likeness (QED) is 0.311. The number of carbonyl (C=O) groups is 2. The fraction of sp³-hybridized carbons (Fsp3) is 0.154. The van der Waals surface area contributed by atoms with Crippen molar-refractivity contribution in [3.05, 3.63) is 93.5 Å². The minimum Gasteiger partial charge on any atom is -0.508 e. The summed E-state index contributed by atoms with van der Waals surface area (Å²) in [7, 11) is 1.44. The van der Waals surface area contributed by atoms with Gasteiger partial charge in [0.1, 0.15) is 17.3 Å². The molecule has 7 heteroatoms. The Labute approximate surface area is 196 Å². The highest BCUT2D eigenvalue weighted by Crippen LogP contribution is 2.44. The van der Waals surface area contributed by atoms with Crippen molar-refractivity contribution in [2.75, 3.05) is 12.0 Å². The summed E-state index contributed by atoms with van der Waals surface area (Å²) in [6, 6.07) is 15.5. The molecule has 1 aliphatic rings. The molecule has 3 aromatic carbocycles. The molecule has 33 heavy (non-hydrogen) atoms. The summed E-state index contributed by atoms with van der Waals surface area (Å²) in [5.41, 5.74) is 2.94. The topological polar surface area (TPSA) is 87.1 Å². The molecule has 2 N–H and O–H groups in total. The first-order chi connectivity index (χ1) is 15.7. The van der Waals surface area contributed by atoms with Gasteiger partial charge in [-0.15, -0.1) is 0 Å². The number of aromatic hydroxyl groups is 1. The van der Waals surface area contributed by atoms with E-state index in [-0.39, 0.29) is 16.9 Å². The highest BCUT2D eigenvalue weighted by atomic mass is 35.5. The number of halogens is 1. The lowest BCUT2D eigenvalue weighted by Gasteiger charge is -2.27. The van der Waals surface area contributed by atoms with E-state index in [1.807, 2.05) is 32.0 Å². The first-order valence-corrected chi connectivity index (χ1v) is 10.6. The number of phenols is 1. The molecule has 1 atom stereocenters. The molecule has 1 heterocycles. The molecule has 0 radical (unpaired) electrons. The number of anilines is 1. The van der Waals surface area contributed by atoms with E-state index in [1.165, 1.54) is 30.2 Å². The third kappa shape index (κ3) is 3.94. The summed E-state index contributed by atoms with van der Waals surface area (Å²) in [5, 5.41) is 21.4. The van der Waals surface area contributed by atoms with Gasteiger partial charge in [0.05, 0.1) is 24.3 Å². The Bertz CT molecular complexity index is 1300. The molecule has 0 saturated carbocycles. The normalized spacial score (nSPS) is 17.5. The minimum absolute atomic E-state index is 0.0407. The molecule has 1 unspecified atom stereocenters. The first kappa shape index (κ1) is 22.4. The van der Waals surface area contributed by atoms with Crippen LogP contribution in [0.5, 0.6) is 11.5 Å². The summed E-state index contributed by atoms with van der Waals surface area (Å²) >= 11 is 6.14. The van der Waals surface area contributed by atoms with E-state index in [4.69, 9.17) is 16.3 Å². The molecule has 4 rings (SSSR count). The van der Waals surface area contributed by atoms with Crippen LogP contribution < -0.4 is 9.64 Å². The van der Waals surface area contributed by atoms with Gasteiger partial charge in [-0.3, -0.25) is 14.5 Å². The highest BCUT2D eigenvalue weighted by Gasteiger charge is 2.47. The van der Waals surface area contributed by atoms with Gasteiger partial charge in [-0.1, -0.05) is 35.9 Å². The van der Waals surface area contributed by atoms with Gasteiger partial charge in [0, 0.05) is 10.7 Å². The highest BCUT2D eigenvalue weighted by molar-refractivity contribution is 6.52. The molecule has 0 aliphatic carbocycles. The molecule has 1 fully saturated rings. The molecule has 0 spiro atoms. The fourth-order valence-electron chi connectivity index (χ4n) is 4.04. The first-order valence-electron chi connectivity index (χ1n) is 10.2. The summed E-state index contributed by atoms with van der Waals surface area (Å²) in [5.74, 6) is -1.63. The number of aliphatic hydroxyl groups is 1. The number of ether oxygens (including phenoxy) is 1. The second-order valence-corrected chi connectivity index (χ2v) is 8.33. The van der Waals surface area contributed by atoms with E-state index in [0.717, 1.165) is 11.1 Å². The Balaban J connectivity index is 2.02. The van der Waals surface area contributed by atoms with Crippen molar-refractivity contribution in [2.45, 2.75) is 19.9 Å². The van der Waals surface area contributed by atoms with E-state index < -0.39 is 23.5 Å². The van der Waals surface area contributed by atoms with E-state index in [2.05, 4.69) is 0 Å². The zero-order valence-corrected chi connectivity index (χ0v) is 19.1. The molecule has 0 aromatic heterocycles. The predicted octanol–water partition coefficient (Wildman–Crippen LogP) is 5.30. The van der Waals surface area contributed by atoms with Crippen molar-refractivity contribution >= 4 is 34.7 Å². The molecule has 3 aromatic rings. The van der Waals surface area contributed by atoms with E-state index in [0.29, 0.717) is 22.0 Å². The monoisotopic (exact) mass is 463 g/mol. The molecular formula is C26H22ClNO5. The number of methoxy groups -OCH3 is 1. The number of aryl methyl sites for hydroxylation is 2. The van der Waals surface area contributed by atoms with E-state index in [1.54, 1.807) is 24.3 Å².